The largest absolute Gasteiger partial charge is 0.480 e. The molecule has 0 aliphatic carbocycles. The monoisotopic (exact) mass is 154 g/mol. The standard InChI is InChI=1S/C4H8BF3NO/c1-9(4-10)3-2-5(6,7)8/h4H,2-3H2,1H3/q-1. The fraction of sp³-hybridized carbons (Fsp3) is 0.750. The molecule has 0 atom stereocenters. The SMILES string of the molecule is CN(C=O)CC[B-](F)(F)F. The van der Waals surface area contributed by atoms with Crippen LogP contribution in [0.3, 0.4) is 0 Å². The second kappa shape index (κ2) is 3.48. The molecular weight excluding hydrogens is 146 g/mol. The summed E-state index contributed by atoms with van der Waals surface area (Å²) < 4.78 is 34.4. The van der Waals surface area contributed by atoms with E-state index >= 15 is 0 Å². The highest BCUT2D eigenvalue weighted by Gasteiger charge is 2.22. The lowest BCUT2D eigenvalue weighted by molar-refractivity contribution is -0.116. The minimum absolute atomic E-state index is 0.243. The molecule has 0 aromatic carbocycles. The molecule has 0 N–H and O–H groups in total. The third-order valence-electron chi connectivity index (χ3n) is 0.989. The first-order valence-corrected chi connectivity index (χ1v) is 2.82. The van der Waals surface area contributed by atoms with Crippen LogP contribution in [-0.2, 0) is 4.79 Å². The highest BCUT2D eigenvalue weighted by molar-refractivity contribution is 6.58. The van der Waals surface area contributed by atoms with E-state index in [2.05, 4.69) is 0 Å². The molecule has 0 aliphatic rings. The molecule has 6 heteroatoms. The topological polar surface area (TPSA) is 20.3 Å². The van der Waals surface area contributed by atoms with Gasteiger partial charge in [-0.05, 0) is 6.54 Å². The molecule has 1 amide bonds. The molecule has 0 fully saturated rings. The van der Waals surface area contributed by atoms with Crippen LogP contribution in [0.25, 0.3) is 0 Å². The molecule has 0 heterocycles. The molecule has 0 saturated carbocycles. The summed E-state index contributed by atoms with van der Waals surface area (Å²) in [6.45, 7) is -4.98. The van der Waals surface area contributed by atoms with Gasteiger partial charge in [0, 0.05) is 7.05 Å². The van der Waals surface area contributed by atoms with Crippen LogP contribution in [0.1, 0.15) is 0 Å². The first-order valence-electron chi connectivity index (χ1n) is 2.82. The van der Waals surface area contributed by atoms with Gasteiger partial charge in [-0.1, -0.05) is 6.32 Å². The van der Waals surface area contributed by atoms with Gasteiger partial charge in [0.2, 0.25) is 6.41 Å². The first-order chi connectivity index (χ1) is 4.45. The molecule has 0 saturated heterocycles. The molecular formula is C4H8BF3NO-. The van der Waals surface area contributed by atoms with Crippen molar-refractivity contribution in [3.8, 4) is 0 Å². The fourth-order valence-corrected chi connectivity index (χ4v) is 0.403. The summed E-state index contributed by atoms with van der Waals surface area (Å²) in [6.07, 6.45) is -0.503. The Bertz CT molecular complexity index is 116. The van der Waals surface area contributed by atoms with Gasteiger partial charge in [-0.25, -0.2) is 0 Å². The van der Waals surface area contributed by atoms with Crippen molar-refractivity contribution in [1.82, 2.24) is 4.90 Å². The Labute approximate surface area is 57.1 Å². The predicted molar refractivity (Wildman–Crippen MR) is 32.6 cm³/mol. The Hall–Kier alpha value is -0.675. The number of hydrogen-bond acceptors (Lipinski definition) is 1. The maximum absolute atomic E-state index is 11.5. The molecule has 2 nitrogen and oxygen atoms in total. The quantitative estimate of drug-likeness (QED) is 0.435. The zero-order valence-corrected chi connectivity index (χ0v) is 5.56. The predicted octanol–water partition coefficient (Wildman–Crippen LogP) is 0.922. The van der Waals surface area contributed by atoms with Gasteiger partial charge in [0.25, 0.3) is 0 Å². The summed E-state index contributed by atoms with van der Waals surface area (Å²) in [5.74, 6) is 0. The van der Waals surface area contributed by atoms with Crippen molar-refractivity contribution in [3.05, 3.63) is 0 Å². The molecule has 10 heavy (non-hydrogen) atoms. The van der Waals surface area contributed by atoms with E-state index in [0.29, 0.717) is 6.41 Å². The van der Waals surface area contributed by atoms with Crippen LogP contribution in [0.2, 0.25) is 6.32 Å². The summed E-state index contributed by atoms with van der Waals surface area (Å²) in [7, 11) is 1.31. The number of nitrogens with zero attached hydrogens (tertiary/aromatic N) is 1. The Morgan fingerprint density at radius 3 is 2.30 bits per heavy atom. The van der Waals surface area contributed by atoms with E-state index in [9.17, 15) is 17.7 Å². The number of hydrogen-bond donors (Lipinski definition) is 0. The minimum Gasteiger partial charge on any atom is -0.449 e. The molecule has 0 spiro atoms. The van der Waals surface area contributed by atoms with Crippen LogP contribution >= 0.6 is 0 Å². The second-order valence-corrected chi connectivity index (χ2v) is 2.09. The van der Waals surface area contributed by atoms with Crippen molar-refractivity contribution >= 4 is 13.4 Å². The van der Waals surface area contributed by atoms with Crippen molar-refractivity contribution < 1.29 is 17.7 Å². The zero-order chi connectivity index (χ0) is 8.20. The lowest BCUT2D eigenvalue weighted by Gasteiger charge is -2.16. The van der Waals surface area contributed by atoms with Gasteiger partial charge in [0.1, 0.15) is 0 Å². The highest BCUT2D eigenvalue weighted by atomic mass is 19.4. The average molecular weight is 154 g/mol. The Balaban J connectivity index is 3.45. The van der Waals surface area contributed by atoms with Gasteiger partial charge in [-0.15, -0.1) is 0 Å². The molecule has 0 aromatic heterocycles. The van der Waals surface area contributed by atoms with Gasteiger partial charge in [0.15, 0.2) is 0 Å². The molecule has 0 aromatic rings. The summed E-state index contributed by atoms with van der Waals surface area (Å²) >= 11 is 0. The Morgan fingerprint density at radius 1 is 1.50 bits per heavy atom. The Morgan fingerprint density at radius 2 is 2.00 bits per heavy atom. The second-order valence-electron chi connectivity index (χ2n) is 2.09. The normalized spacial score (nSPS) is 11.2. The van der Waals surface area contributed by atoms with Crippen LogP contribution in [0, 0.1) is 0 Å². The van der Waals surface area contributed by atoms with Gasteiger partial charge in [0.05, 0.1) is 0 Å². The van der Waals surface area contributed by atoms with Crippen molar-refractivity contribution in [2.75, 3.05) is 13.6 Å². The molecule has 0 aliphatic heterocycles. The fourth-order valence-electron chi connectivity index (χ4n) is 0.403. The average Bonchev–Trinajstić information content (AvgIpc) is 1.81. The number of rotatable bonds is 4. The van der Waals surface area contributed by atoms with Gasteiger partial charge in [-0.2, -0.15) is 0 Å². The zero-order valence-electron chi connectivity index (χ0n) is 5.56. The van der Waals surface area contributed by atoms with Crippen LogP contribution in [0.4, 0.5) is 12.9 Å². The van der Waals surface area contributed by atoms with E-state index < -0.39 is 13.3 Å². The third-order valence-corrected chi connectivity index (χ3v) is 0.989. The number of amides is 1. The van der Waals surface area contributed by atoms with Crippen molar-refractivity contribution in [2.45, 2.75) is 6.32 Å². The van der Waals surface area contributed by atoms with Gasteiger partial charge >= 0.3 is 6.98 Å². The molecule has 0 radical (unpaired) electrons. The van der Waals surface area contributed by atoms with Crippen molar-refractivity contribution in [2.24, 2.45) is 0 Å². The van der Waals surface area contributed by atoms with Crippen molar-refractivity contribution in [3.63, 3.8) is 0 Å². The lowest BCUT2D eigenvalue weighted by Crippen LogP contribution is -2.25. The van der Waals surface area contributed by atoms with E-state index in [1.807, 2.05) is 0 Å². The summed E-state index contributed by atoms with van der Waals surface area (Å²) in [5, 5.41) is 0. The molecule has 0 rings (SSSR count). The minimum atomic E-state index is -4.74. The van der Waals surface area contributed by atoms with E-state index in [0.717, 1.165) is 4.90 Å². The molecule has 0 unspecified atom stereocenters. The Kier molecular flexibility index (Phi) is 3.25. The number of carbonyl (C=O) groups excluding carboxylic acids is 1. The molecule has 0 bridgehead atoms. The highest BCUT2D eigenvalue weighted by Crippen LogP contribution is 2.13. The van der Waals surface area contributed by atoms with Crippen LogP contribution in [0.15, 0.2) is 0 Å². The van der Waals surface area contributed by atoms with Crippen LogP contribution in [-0.4, -0.2) is 31.9 Å². The summed E-state index contributed by atoms with van der Waals surface area (Å²) in [5.41, 5.74) is 0. The number of halogens is 3. The lowest BCUT2D eigenvalue weighted by atomic mass is 9.86. The maximum Gasteiger partial charge on any atom is 0.480 e. The third kappa shape index (κ3) is 5.46. The van der Waals surface area contributed by atoms with E-state index in [1.165, 1.54) is 7.05 Å². The smallest absolute Gasteiger partial charge is 0.449 e. The number of carbonyl (C=O) groups is 1. The maximum atomic E-state index is 11.5. The van der Waals surface area contributed by atoms with Crippen molar-refractivity contribution in [1.29, 1.82) is 0 Å². The van der Waals surface area contributed by atoms with Crippen LogP contribution in [0.5, 0.6) is 0 Å². The van der Waals surface area contributed by atoms with E-state index in [4.69, 9.17) is 0 Å². The van der Waals surface area contributed by atoms with E-state index in [1.54, 1.807) is 0 Å². The first kappa shape index (κ1) is 9.32. The van der Waals surface area contributed by atoms with Gasteiger partial charge < -0.3 is 17.8 Å². The summed E-state index contributed by atoms with van der Waals surface area (Å²) in [6, 6.07) is 0. The van der Waals surface area contributed by atoms with E-state index in [-0.39, 0.29) is 6.54 Å². The molecule has 60 valence electrons. The van der Waals surface area contributed by atoms with Gasteiger partial charge in [-0.3, -0.25) is 4.79 Å². The summed E-state index contributed by atoms with van der Waals surface area (Å²) in [4.78, 5) is 10.8. The van der Waals surface area contributed by atoms with Crippen LogP contribution < -0.4 is 0 Å².